The lowest BCUT2D eigenvalue weighted by atomic mass is 10.1. The lowest BCUT2D eigenvalue weighted by molar-refractivity contribution is -0.0470. The highest BCUT2D eigenvalue weighted by Crippen LogP contribution is 2.17. The monoisotopic (exact) mass is 235 g/mol. The van der Waals surface area contributed by atoms with Gasteiger partial charge in [-0.05, 0) is 44.0 Å². The first kappa shape index (κ1) is 12.4. The number of aryl methyl sites for hydroxylation is 2. The van der Waals surface area contributed by atoms with E-state index in [4.69, 9.17) is 9.47 Å². The molecule has 1 fully saturated rings. The largest absolute Gasteiger partial charge is 0.491 e. The molecule has 0 amide bonds. The third-order valence-corrected chi connectivity index (χ3v) is 2.86. The normalized spacial score (nSPS) is 24.6. The van der Waals surface area contributed by atoms with Crippen LogP contribution < -0.4 is 10.1 Å². The fraction of sp³-hybridized carbons (Fsp3) is 0.571. The van der Waals surface area contributed by atoms with Crippen LogP contribution >= 0.6 is 0 Å². The lowest BCUT2D eigenvalue weighted by Crippen LogP contribution is -2.45. The van der Waals surface area contributed by atoms with Gasteiger partial charge in [-0.15, -0.1) is 0 Å². The standard InChI is InChI=1S/C14H21NO2/c1-10-4-11(2)6-13(5-10)16-9-14-8-15-7-12(3)17-14/h4-6,12,14-15H,7-9H2,1-3H3. The van der Waals surface area contributed by atoms with Gasteiger partial charge in [0.15, 0.2) is 0 Å². The van der Waals surface area contributed by atoms with E-state index in [-0.39, 0.29) is 12.2 Å². The van der Waals surface area contributed by atoms with Crippen molar-refractivity contribution in [1.29, 1.82) is 0 Å². The molecular weight excluding hydrogens is 214 g/mol. The minimum atomic E-state index is 0.152. The molecule has 0 radical (unpaired) electrons. The first-order chi connectivity index (χ1) is 8.13. The molecule has 3 nitrogen and oxygen atoms in total. The van der Waals surface area contributed by atoms with Crippen LogP contribution in [0.4, 0.5) is 0 Å². The molecule has 0 saturated carbocycles. The molecule has 94 valence electrons. The second-order valence-corrected chi connectivity index (χ2v) is 4.86. The van der Waals surface area contributed by atoms with Gasteiger partial charge in [-0.1, -0.05) is 6.07 Å². The smallest absolute Gasteiger partial charge is 0.119 e. The Morgan fingerprint density at radius 1 is 1.24 bits per heavy atom. The molecule has 2 atom stereocenters. The number of rotatable bonds is 3. The number of benzene rings is 1. The fourth-order valence-electron chi connectivity index (χ4n) is 2.18. The van der Waals surface area contributed by atoms with Crippen LogP contribution in [0.15, 0.2) is 18.2 Å². The Morgan fingerprint density at radius 2 is 1.94 bits per heavy atom. The third kappa shape index (κ3) is 3.72. The van der Waals surface area contributed by atoms with Gasteiger partial charge < -0.3 is 14.8 Å². The van der Waals surface area contributed by atoms with Crippen LogP contribution in [0.25, 0.3) is 0 Å². The molecule has 17 heavy (non-hydrogen) atoms. The zero-order valence-corrected chi connectivity index (χ0v) is 10.8. The summed E-state index contributed by atoms with van der Waals surface area (Å²) in [5, 5.41) is 3.34. The molecule has 0 aliphatic carbocycles. The predicted molar refractivity (Wildman–Crippen MR) is 68.6 cm³/mol. The number of hydrogen-bond acceptors (Lipinski definition) is 3. The van der Waals surface area contributed by atoms with Crippen molar-refractivity contribution in [3.63, 3.8) is 0 Å². The topological polar surface area (TPSA) is 30.5 Å². The first-order valence-corrected chi connectivity index (χ1v) is 6.21. The van der Waals surface area contributed by atoms with Crippen molar-refractivity contribution in [3.05, 3.63) is 29.3 Å². The Labute approximate surface area is 103 Å². The van der Waals surface area contributed by atoms with E-state index in [0.717, 1.165) is 18.8 Å². The Hall–Kier alpha value is -1.06. The summed E-state index contributed by atoms with van der Waals surface area (Å²) >= 11 is 0. The summed E-state index contributed by atoms with van der Waals surface area (Å²) in [5.74, 6) is 0.935. The molecule has 1 N–H and O–H groups in total. The average molecular weight is 235 g/mol. The van der Waals surface area contributed by atoms with E-state index < -0.39 is 0 Å². The van der Waals surface area contributed by atoms with E-state index in [2.05, 4.69) is 44.3 Å². The molecule has 2 unspecified atom stereocenters. The minimum absolute atomic E-state index is 0.152. The van der Waals surface area contributed by atoms with Crippen LogP contribution in [-0.4, -0.2) is 31.9 Å². The molecule has 1 heterocycles. The van der Waals surface area contributed by atoms with Crippen molar-refractivity contribution in [2.24, 2.45) is 0 Å². The quantitative estimate of drug-likeness (QED) is 0.870. The van der Waals surface area contributed by atoms with Gasteiger partial charge in [0.25, 0.3) is 0 Å². The molecule has 1 aliphatic heterocycles. The highest BCUT2D eigenvalue weighted by molar-refractivity contribution is 5.32. The van der Waals surface area contributed by atoms with Gasteiger partial charge in [0.1, 0.15) is 18.5 Å². The zero-order chi connectivity index (χ0) is 12.3. The van der Waals surface area contributed by atoms with E-state index in [9.17, 15) is 0 Å². The van der Waals surface area contributed by atoms with Gasteiger partial charge in [-0.25, -0.2) is 0 Å². The van der Waals surface area contributed by atoms with E-state index in [1.807, 2.05) is 0 Å². The van der Waals surface area contributed by atoms with Crippen LogP contribution in [0.3, 0.4) is 0 Å². The molecule has 0 spiro atoms. The fourth-order valence-corrected chi connectivity index (χ4v) is 2.18. The molecule has 1 saturated heterocycles. The maximum atomic E-state index is 5.79. The summed E-state index contributed by atoms with van der Waals surface area (Å²) in [4.78, 5) is 0. The Bertz CT molecular complexity index is 358. The molecule has 1 aromatic rings. The second kappa shape index (κ2) is 5.52. The average Bonchev–Trinajstić information content (AvgIpc) is 2.25. The Morgan fingerprint density at radius 3 is 2.59 bits per heavy atom. The van der Waals surface area contributed by atoms with Gasteiger partial charge in [0.2, 0.25) is 0 Å². The second-order valence-electron chi connectivity index (χ2n) is 4.86. The third-order valence-electron chi connectivity index (χ3n) is 2.86. The van der Waals surface area contributed by atoms with Crippen molar-refractivity contribution >= 4 is 0 Å². The number of hydrogen-bond donors (Lipinski definition) is 1. The zero-order valence-electron chi connectivity index (χ0n) is 10.8. The van der Waals surface area contributed by atoms with E-state index >= 15 is 0 Å². The van der Waals surface area contributed by atoms with Crippen molar-refractivity contribution < 1.29 is 9.47 Å². The van der Waals surface area contributed by atoms with Crippen molar-refractivity contribution in [1.82, 2.24) is 5.32 Å². The van der Waals surface area contributed by atoms with E-state index in [1.165, 1.54) is 11.1 Å². The summed E-state index contributed by atoms with van der Waals surface area (Å²) < 4.78 is 11.6. The van der Waals surface area contributed by atoms with Gasteiger partial charge in [0.05, 0.1) is 6.10 Å². The molecule has 0 bridgehead atoms. The summed E-state index contributed by atoms with van der Waals surface area (Å²) in [7, 11) is 0. The molecular formula is C14H21NO2. The molecule has 1 aliphatic rings. The SMILES string of the molecule is Cc1cc(C)cc(OCC2CNCC(C)O2)c1. The van der Waals surface area contributed by atoms with Crippen LogP contribution in [0.5, 0.6) is 5.75 Å². The Balaban J connectivity index is 1.88. The minimum Gasteiger partial charge on any atom is -0.491 e. The predicted octanol–water partition coefficient (Wildman–Crippen LogP) is 2.06. The molecule has 2 rings (SSSR count). The number of morpholine rings is 1. The highest BCUT2D eigenvalue weighted by atomic mass is 16.5. The van der Waals surface area contributed by atoms with Crippen molar-refractivity contribution in [2.45, 2.75) is 33.0 Å². The maximum Gasteiger partial charge on any atom is 0.119 e. The van der Waals surface area contributed by atoms with E-state index in [0.29, 0.717) is 6.61 Å². The highest BCUT2D eigenvalue weighted by Gasteiger charge is 2.19. The van der Waals surface area contributed by atoms with Crippen LogP contribution in [-0.2, 0) is 4.74 Å². The molecule has 0 aromatic heterocycles. The maximum absolute atomic E-state index is 5.79. The van der Waals surface area contributed by atoms with Crippen molar-refractivity contribution in [3.8, 4) is 5.75 Å². The van der Waals surface area contributed by atoms with Crippen LogP contribution in [0.1, 0.15) is 18.1 Å². The van der Waals surface area contributed by atoms with E-state index in [1.54, 1.807) is 0 Å². The lowest BCUT2D eigenvalue weighted by Gasteiger charge is -2.28. The van der Waals surface area contributed by atoms with Crippen molar-refractivity contribution in [2.75, 3.05) is 19.7 Å². The first-order valence-electron chi connectivity index (χ1n) is 6.21. The summed E-state index contributed by atoms with van der Waals surface area (Å²) in [6.07, 6.45) is 0.427. The van der Waals surface area contributed by atoms with Crippen LogP contribution in [0, 0.1) is 13.8 Å². The van der Waals surface area contributed by atoms with Gasteiger partial charge in [-0.3, -0.25) is 0 Å². The molecule has 1 aromatic carbocycles. The van der Waals surface area contributed by atoms with Gasteiger partial charge in [-0.2, -0.15) is 0 Å². The van der Waals surface area contributed by atoms with Crippen LogP contribution in [0.2, 0.25) is 0 Å². The number of ether oxygens (including phenoxy) is 2. The number of nitrogens with one attached hydrogen (secondary N) is 1. The summed E-state index contributed by atoms with van der Waals surface area (Å²) in [5.41, 5.74) is 2.46. The van der Waals surface area contributed by atoms with Gasteiger partial charge >= 0.3 is 0 Å². The summed E-state index contributed by atoms with van der Waals surface area (Å²) in [6, 6.07) is 6.27. The molecule has 3 heteroatoms. The van der Waals surface area contributed by atoms with Gasteiger partial charge in [0, 0.05) is 13.1 Å². The Kier molecular flexibility index (Phi) is 4.02. The summed E-state index contributed by atoms with van der Waals surface area (Å²) in [6.45, 7) is 8.66.